The van der Waals surface area contributed by atoms with Crippen LogP contribution in [0.25, 0.3) is 0 Å². The minimum absolute atomic E-state index is 0.132. The molecule has 0 spiro atoms. The molecule has 2 saturated heterocycles. The van der Waals surface area contributed by atoms with Crippen LogP contribution < -0.4 is 0 Å². The third-order valence-electron chi connectivity index (χ3n) is 3.56. The number of hydrogen-bond acceptors (Lipinski definition) is 4. The highest BCUT2D eigenvalue weighted by atomic mass is 16.5. The van der Waals surface area contributed by atoms with E-state index in [9.17, 15) is 4.79 Å². The van der Waals surface area contributed by atoms with E-state index in [1.807, 2.05) is 11.8 Å². The summed E-state index contributed by atoms with van der Waals surface area (Å²) in [6, 6.07) is 1.98. The van der Waals surface area contributed by atoms with Gasteiger partial charge in [0.1, 0.15) is 0 Å². The Morgan fingerprint density at radius 3 is 2.76 bits per heavy atom. The highest BCUT2D eigenvalue weighted by Crippen LogP contribution is 2.14. The third kappa shape index (κ3) is 2.76. The van der Waals surface area contributed by atoms with E-state index in [4.69, 9.17) is 10.00 Å². The van der Waals surface area contributed by atoms with E-state index in [-0.39, 0.29) is 11.9 Å². The number of nitrogens with zero attached hydrogens (tertiary/aromatic N) is 3. The summed E-state index contributed by atoms with van der Waals surface area (Å²) in [4.78, 5) is 16.2. The minimum Gasteiger partial charge on any atom is -0.361 e. The van der Waals surface area contributed by atoms with Gasteiger partial charge in [-0.2, -0.15) is 5.26 Å². The summed E-state index contributed by atoms with van der Waals surface area (Å²) < 4.78 is 5.29. The Morgan fingerprint density at radius 2 is 2.12 bits per heavy atom. The zero-order valence-electron chi connectivity index (χ0n) is 10.3. The van der Waals surface area contributed by atoms with Gasteiger partial charge in [0.2, 0.25) is 5.91 Å². The van der Waals surface area contributed by atoms with Crippen molar-refractivity contribution in [3.8, 4) is 6.07 Å². The number of hydrogen-bond donors (Lipinski definition) is 0. The molecule has 2 unspecified atom stereocenters. The van der Waals surface area contributed by atoms with Crippen molar-refractivity contribution < 1.29 is 9.53 Å². The molecular formula is C12H19N3O2. The molecule has 0 aromatic rings. The molecule has 2 fully saturated rings. The van der Waals surface area contributed by atoms with Crippen molar-refractivity contribution >= 4 is 5.91 Å². The highest BCUT2D eigenvalue weighted by molar-refractivity contribution is 5.81. The molecular weight excluding hydrogens is 218 g/mol. The molecule has 0 bridgehead atoms. The van der Waals surface area contributed by atoms with Crippen LogP contribution in [0.2, 0.25) is 0 Å². The second-order valence-corrected chi connectivity index (χ2v) is 4.69. The van der Waals surface area contributed by atoms with Crippen molar-refractivity contribution in [2.45, 2.75) is 31.9 Å². The molecule has 5 heteroatoms. The van der Waals surface area contributed by atoms with Gasteiger partial charge in [-0.3, -0.25) is 9.69 Å². The summed E-state index contributed by atoms with van der Waals surface area (Å²) in [7, 11) is 0. The quantitative estimate of drug-likeness (QED) is 0.689. The van der Waals surface area contributed by atoms with Crippen LogP contribution in [0.4, 0.5) is 0 Å². The number of ether oxygens (including phenoxy) is 1. The summed E-state index contributed by atoms with van der Waals surface area (Å²) in [6.07, 6.45) is 1.84. The number of carbonyl (C=O) groups is 1. The standard InChI is InChI=1S/C12H19N3O2/c1-10(12(16)14-4-2-3-5-14)15-6-7-17-11(8-13)9-15/h10-11H,2-7,9H2,1H3. The Labute approximate surface area is 102 Å². The van der Waals surface area contributed by atoms with E-state index in [2.05, 4.69) is 11.0 Å². The van der Waals surface area contributed by atoms with Gasteiger partial charge in [0, 0.05) is 26.2 Å². The first-order valence-electron chi connectivity index (χ1n) is 6.26. The topological polar surface area (TPSA) is 56.6 Å². The van der Waals surface area contributed by atoms with Crippen molar-refractivity contribution in [2.75, 3.05) is 32.8 Å². The average Bonchev–Trinajstić information content (AvgIpc) is 2.91. The minimum atomic E-state index is -0.391. The largest absolute Gasteiger partial charge is 0.361 e. The summed E-state index contributed by atoms with van der Waals surface area (Å²) >= 11 is 0. The van der Waals surface area contributed by atoms with Gasteiger partial charge in [0.25, 0.3) is 0 Å². The predicted molar refractivity (Wildman–Crippen MR) is 62.2 cm³/mol. The van der Waals surface area contributed by atoms with E-state index < -0.39 is 6.10 Å². The molecule has 0 saturated carbocycles. The van der Waals surface area contributed by atoms with Crippen LogP contribution in [-0.4, -0.2) is 60.6 Å². The van der Waals surface area contributed by atoms with Crippen LogP contribution in [0.5, 0.6) is 0 Å². The van der Waals surface area contributed by atoms with Crippen LogP contribution in [0, 0.1) is 11.3 Å². The van der Waals surface area contributed by atoms with E-state index in [1.54, 1.807) is 0 Å². The lowest BCUT2D eigenvalue weighted by Crippen LogP contribution is -2.52. The molecule has 0 N–H and O–H groups in total. The third-order valence-corrected chi connectivity index (χ3v) is 3.56. The molecule has 17 heavy (non-hydrogen) atoms. The van der Waals surface area contributed by atoms with Gasteiger partial charge in [-0.1, -0.05) is 0 Å². The van der Waals surface area contributed by atoms with Crippen molar-refractivity contribution in [1.82, 2.24) is 9.80 Å². The molecule has 2 aliphatic heterocycles. The maximum absolute atomic E-state index is 12.2. The molecule has 0 aromatic heterocycles. The first kappa shape index (κ1) is 12.3. The van der Waals surface area contributed by atoms with Crippen LogP contribution in [0.1, 0.15) is 19.8 Å². The molecule has 2 aliphatic rings. The van der Waals surface area contributed by atoms with Crippen molar-refractivity contribution in [3.05, 3.63) is 0 Å². The fourth-order valence-corrected chi connectivity index (χ4v) is 2.46. The molecule has 2 heterocycles. The molecule has 0 aliphatic carbocycles. The monoisotopic (exact) mass is 237 g/mol. The number of likely N-dealkylation sites (tertiary alicyclic amines) is 1. The highest BCUT2D eigenvalue weighted by Gasteiger charge is 2.31. The predicted octanol–water partition coefficient (Wildman–Crippen LogP) is 0.222. The van der Waals surface area contributed by atoms with Gasteiger partial charge in [0.05, 0.1) is 18.7 Å². The van der Waals surface area contributed by atoms with Gasteiger partial charge in [-0.05, 0) is 19.8 Å². The lowest BCUT2D eigenvalue weighted by molar-refractivity contribution is -0.137. The fourth-order valence-electron chi connectivity index (χ4n) is 2.46. The summed E-state index contributed by atoms with van der Waals surface area (Å²) in [5, 5.41) is 8.84. The summed E-state index contributed by atoms with van der Waals surface area (Å²) in [6.45, 7) is 5.51. The number of nitriles is 1. The number of carbonyl (C=O) groups excluding carboxylic acids is 1. The van der Waals surface area contributed by atoms with Gasteiger partial charge >= 0.3 is 0 Å². The van der Waals surface area contributed by atoms with Crippen LogP contribution in [-0.2, 0) is 9.53 Å². The SMILES string of the molecule is CC(C(=O)N1CCCC1)N1CCOC(C#N)C1. The van der Waals surface area contributed by atoms with E-state index in [0.717, 1.165) is 32.5 Å². The molecule has 94 valence electrons. The van der Waals surface area contributed by atoms with Crippen molar-refractivity contribution in [2.24, 2.45) is 0 Å². The average molecular weight is 237 g/mol. The van der Waals surface area contributed by atoms with E-state index in [1.165, 1.54) is 0 Å². The molecule has 2 rings (SSSR count). The molecule has 0 radical (unpaired) electrons. The summed E-state index contributed by atoms with van der Waals surface area (Å²) in [5.41, 5.74) is 0. The van der Waals surface area contributed by atoms with Crippen LogP contribution in [0.3, 0.4) is 0 Å². The van der Waals surface area contributed by atoms with Crippen LogP contribution >= 0.6 is 0 Å². The molecule has 1 amide bonds. The fraction of sp³-hybridized carbons (Fsp3) is 0.833. The lowest BCUT2D eigenvalue weighted by atomic mass is 10.2. The van der Waals surface area contributed by atoms with Gasteiger partial charge < -0.3 is 9.64 Å². The number of morpholine rings is 1. The second-order valence-electron chi connectivity index (χ2n) is 4.69. The first-order chi connectivity index (χ1) is 8.22. The Morgan fingerprint density at radius 1 is 1.41 bits per heavy atom. The maximum Gasteiger partial charge on any atom is 0.239 e. The second kappa shape index (κ2) is 5.48. The van der Waals surface area contributed by atoms with Crippen molar-refractivity contribution in [3.63, 3.8) is 0 Å². The Bertz CT molecular complexity index is 320. The van der Waals surface area contributed by atoms with Gasteiger partial charge in [-0.15, -0.1) is 0 Å². The Kier molecular flexibility index (Phi) is 3.97. The number of amides is 1. The molecule has 0 aromatic carbocycles. The van der Waals surface area contributed by atoms with Crippen molar-refractivity contribution in [1.29, 1.82) is 5.26 Å². The molecule has 2 atom stereocenters. The normalized spacial score (nSPS) is 27.8. The first-order valence-corrected chi connectivity index (χ1v) is 6.26. The Balaban J connectivity index is 1.92. The molecule has 5 nitrogen and oxygen atoms in total. The van der Waals surface area contributed by atoms with E-state index >= 15 is 0 Å². The zero-order chi connectivity index (χ0) is 12.3. The zero-order valence-corrected chi connectivity index (χ0v) is 10.3. The Hall–Kier alpha value is -1.12. The summed E-state index contributed by atoms with van der Waals surface area (Å²) in [5.74, 6) is 0.195. The number of rotatable bonds is 2. The van der Waals surface area contributed by atoms with E-state index in [0.29, 0.717) is 13.2 Å². The van der Waals surface area contributed by atoms with Gasteiger partial charge in [0.15, 0.2) is 6.10 Å². The lowest BCUT2D eigenvalue weighted by Gasteiger charge is -2.35. The maximum atomic E-state index is 12.2. The van der Waals surface area contributed by atoms with Gasteiger partial charge in [-0.25, -0.2) is 0 Å². The smallest absolute Gasteiger partial charge is 0.239 e. The van der Waals surface area contributed by atoms with Crippen LogP contribution in [0.15, 0.2) is 0 Å².